The normalized spacial score (nSPS) is 12.0. The third kappa shape index (κ3) is 4.02. The van der Waals surface area contributed by atoms with Crippen molar-refractivity contribution in [2.45, 2.75) is 44.9 Å². The number of hydrogen-bond donors (Lipinski definition) is 2. The smallest absolute Gasteiger partial charge is 0.311 e. The Bertz CT molecular complexity index is 377. The second kappa shape index (κ2) is 5.54. The fourth-order valence-electron chi connectivity index (χ4n) is 1.26. The van der Waals surface area contributed by atoms with E-state index in [1.807, 2.05) is 6.92 Å². The Labute approximate surface area is 100 Å². The van der Waals surface area contributed by atoms with Gasteiger partial charge in [0.1, 0.15) is 0 Å². The van der Waals surface area contributed by atoms with E-state index in [2.05, 4.69) is 36.3 Å². The van der Waals surface area contributed by atoms with Crippen LogP contribution in [0, 0.1) is 0 Å². The third-order valence-corrected chi connectivity index (χ3v) is 3.01. The van der Waals surface area contributed by atoms with E-state index >= 15 is 0 Å². The molecule has 0 saturated heterocycles. The van der Waals surface area contributed by atoms with Gasteiger partial charge in [-0.05, 0) is 27.7 Å². The highest BCUT2D eigenvalue weighted by Crippen LogP contribution is 2.12. The average Bonchev–Trinajstić information content (AvgIpc) is 2.52. The SMILES string of the molecule is CCn1c(SCCNC(C)(C)C)n[nH]c1=O. The van der Waals surface area contributed by atoms with Crippen molar-refractivity contribution in [3.05, 3.63) is 10.5 Å². The summed E-state index contributed by atoms with van der Waals surface area (Å²) in [6.07, 6.45) is 0. The zero-order chi connectivity index (χ0) is 12.2. The molecule has 1 rings (SSSR count). The molecule has 0 amide bonds. The van der Waals surface area contributed by atoms with Crippen molar-refractivity contribution >= 4 is 11.8 Å². The van der Waals surface area contributed by atoms with Gasteiger partial charge in [-0.25, -0.2) is 9.89 Å². The number of nitrogens with one attached hydrogen (secondary N) is 2. The van der Waals surface area contributed by atoms with Gasteiger partial charge < -0.3 is 5.32 Å². The van der Waals surface area contributed by atoms with Crippen LogP contribution in [0.1, 0.15) is 27.7 Å². The molecule has 0 aliphatic carbocycles. The summed E-state index contributed by atoms with van der Waals surface area (Å²) in [7, 11) is 0. The predicted molar refractivity (Wildman–Crippen MR) is 67.0 cm³/mol. The molecule has 0 fully saturated rings. The van der Waals surface area contributed by atoms with E-state index in [4.69, 9.17) is 0 Å². The highest BCUT2D eigenvalue weighted by molar-refractivity contribution is 7.99. The molecule has 6 heteroatoms. The zero-order valence-corrected chi connectivity index (χ0v) is 11.1. The fourth-order valence-corrected chi connectivity index (χ4v) is 2.13. The minimum atomic E-state index is -0.131. The minimum absolute atomic E-state index is 0.131. The maximum Gasteiger partial charge on any atom is 0.343 e. The van der Waals surface area contributed by atoms with Crippen LogP contribution in [0.25, 0.3) is 0 Å². The Balaban J connectivity index is 2.40. The van der Waals surface area contributed by atoms with E-state index in [0.717, 1.165) is 17.5 Å². The van der Waals surface area contributed by atoms with Gasteiger partial charge in [0, 0.05) is 24.4 Å². The van der Waals surface area contributed by atoms with Crippen molar-refractivity contribution in [1.82, 2.24) is 20.1 Å². The van der Waals surface area contributed by atoms with Gasteiger partial charge in [0.05, 0.1) is 0 Å². The Morgan fingerprint density at radius 3 is 2.75 bits per heavy atom. The lowest BCUT2D eigenvalue weighted by molar-refractivity contribution is 0.441. The van der Waals surface area contributed by atoms with Crippen LogP contribution in [0.5, 0.6) is 0 Å². The van der Waals surface area contributed by atoms with Gasteiger partial charge in [-0.15, -0.1) is 5.10 Å². The van der Waals surface area contributed by atoms with Crippen molar-refractivity contribution in [2.75, 3.05) is 12.3 Å². The lowest BCUT2D eigenvalue weighted by Gasteiger charge is -2.20. The standard InChI is InChI=1S/C10H20N4OS/c1-5-14-8(15)12-13-9(14)16-7-6-11-10(2,3)4/h11H,5-7H2,1-4H3,(H,12,15). The van der Waals surface area contributed by atoms with Gasteiger partial charge in [0.2, 0.25) is 0 Å². The Hall–Kier alpha value is -0.750. The summed E-state index contributed by atoms with van der Waals surface area (Å²) in [6.45, 7) is 9.90. The number of thioether (sulfide) groups is 1. The summed E-state index contributed by atoms with van der Waals surface area (Å²) in [5.74, 6) is 0.904. The van der Waals surface area contributed by atoms with E-state index in [1.165, 1.54) is 0 Å². The zero-order valence-electron chi connectivity index (χ0n) is 10.3. The molecule has 5 nitrogen and oxygen atoms in total. The Kier molecular flexibility index (Phi) is 4.61. The summed E-state index contributed by atoms with van der Waals surface area (Å²) in [4.78, 5) is 11.3. The van der Waals surface area contributed by atoms with Crippen LogP contribution in [-0.4, -0.2) is 32.6 Å². The van der Waals surface area contributed by atoms with Gasteiger partial charge in [0.15, 0.2) is 5.16 Å². The second-order valence-electron chi connectivity index (χ2n) is 4.58. The van der Waals surface area contributed by atoms with E-state index < -0.39 is 0 Å². The van der Waals surface area contributed by atoms with Gasteiger partial charge in [-0.1, -0.05) is 11.8 Å². The maximum atomic E-state index is 11.3. The van der Waals surface area contributed by atoms with Gasteiger partial charge in [-0.2, -0.15) is 0 Å². The van der Waals surface area contributed by atoms with Crippen LogP contribution < -0.4 is 11.0 Å². The lowest BCUT2D eigenvalue weighted by Crippen LogP contribution is -2.37. The summed E-state index contributed by atoms with van der Waals surface area (Å²) >= 11 is 1.59. The third-order valence-electron chi connectivity index (χ3n) is 2.03. The second-order valence-corrected chi connectivity index (χ2v) is 5.64. The molecule has 0 radical (unpaired) electrons. The van der Waals surface area contributed by atoms with E-state index in [0.29, 0.717) is 6.54 Å². The molecule has 0 aromatic carbocycles. The van der Waals surface area contributed by atoms with Gasteiger partial charge in [0.25, 0.3) is 0 Å². The first-order chi connectivity index (χ1) is 7.44. The van der Waals surface area contributed by atoms with Crippen LogP contribution in [-0.2, 0) is 6.54 Å². The van der Waals surface area contributed by atoms with Crippen molar-refractivity contribution in [3.63, 3.8) is 0 Å². The number of nitrogens with zero attached hydrogens (tertiary/aromatic N) is 2. The number of H-pyrrole nitrogens is 1. The first kappa shape index (κ1) is 13.3. The number of aromatic amines is 1. The largest absolute Gasteiger partial charge is 0.343 e. The first-order valence-electron chi connectivity index (χ1n) is 5.47. The van der Waals surface area contributed by atoms with Crippen molar-refractivity contribution in [3.8, 4) is 0 Å². The molecule has 2 N–H and O–H groups in total. The fraction of sp³-hybridized carbons (Fsp3) is 0.800. The molecule has 0 saturated carbocycles. The number of rotatable bonds is 5. The summed E-state index contributed by atoms with van der Waals surface area (Å²) in [6, 6.07) is 0. The van der Waals surface area contributed by atoms with Crippen molar-refractivity contribution in [2.24, 2.45) is 0 Å². The molecule has 0 aliphatic heterocycles. The lowest BCUT2D eigenvalue weighted by atomic mass is 10.1. The molecule has 0 spiro atoms. The molecule has 92 valence electrons. The number of hydrogen-bond acceptors (Lipinski definition) is 4. The van der Waals surface area contributed by atoms with Crippen LogP contribution in [0.2, 0.25) is 0 Å². The number of aromatic nitrogens is 3. The van der Waals surface area contributed by atoms with E-state index in [9.17, 15) is 4.79 Å². The van der Waals surface area contributed by atoms with Gasteiger partial charge in [-0.3, -0.25) is 4.57 Å². The van der Waals surface area contributed by atoms with Crippen molar-refractivity contribution < 1.29 is 0 Å². The quantitative estimate of drug-likeness (QED) is 0.601. The topological polar surface area (TPSA) is 62.7 Å². The molecule has 1 aromatic rings. The summed E-state index contributed by atoms with van der Waals surface area (Å²) in [5, 5.41) is 10.6. The Morgan fingerprint density at radius 1 is 1.50 bits per heavy atom. The molecule has 0 aliphatic rings. The predicted octanol–water partition coefficient (Wildman–Crippen LogP) is 1.07. The van der Waals surface area contributed by atoms with Crippen LogP contribution in [0.3, 0.4) is 0 Å². The highest BCUT2D eigenvalue weighted by Gasteiger charge is 2.09. The molecular weight excluding hydrogens is 224 g/mol. The molecule has 1 aromatic heterocycles. The maximum absolute atomic E-state index is 11.3. The summed E-state index contributed by atoms with van der Waals surface area (Å²) < 4.78 is 1.64. The molecule has 1 heterocycles. The van der Waals surface area contributed by atoms with Crippen LogP contribution in [0.4, 0.5) is 0 Å². The van der Waals surface area contributed by atoms with E-state index in [1.54, 1.807) is 16.3 Å². The van der Waals surface area contributed by atoms with Crippen molar-refractivity contribution in [1.29, 1.82) is 0 Å². The molecule has 0 unspecified atom stereocenters. The van der Waals surface area contributed by atoms with E-state index in [-0.39, 0.29) is 11.2 Å². The average molecular weight is 244 g/mol. The molecule has 0 atom stereocenters. The Morgan fingerprint density at radius 2 is 2.19 bits per heavy atom. The summed E-state index contributed by atoms with van der Waals surface area (Å²) in [5.41, 5.74) is 0.00472. The monoisotopic (exact) mass is 244 g/mol. The first-order valence-corrected chi connectivity index (χ1v) is 6.45. The van der Waals surface area contributed by atoms with Crippen LogP contribution >= 0.6 is 11.8 Å². The van der Waals surface area contributed by atoms with Crippen LogP contribution in [0.15, 0.2) is 9.95 Å². The minimum Gasteiger partial charge on any atom is -0.311 e. The highest BCUT2D eigenvalue weighted by atomic mass is 32.2. The molecule has 0 bridgehead atoms. The molecule has 16 heavy (non-hydrogen) atoms. The van der Waals surface area contributed by atoms with Gasteiger partial charge >= 0.3 is 5.69 Å². The molecular formula is C10H20N4OS.